The summed E-state index contributed by atoms with van der Waals surface area (Å²) in [4.78, 5) is 4.85. The summed E-state index contributed by atoms with van der Waals surface area (Å²) in [6.45, 7) is 5.85. The lowest BCUT2D eigenvalue weighted by Gasteiger charge is -2.28. The molecule has 0 atom stereocenters. The zero-order valence-electron chi connectivity index (χ0n) is 19.3. The molecular formula is C25H27F2N5O2. The Balaban J connectivity index is 1.41. The number of rotatable bonds is 5. The molecule has 0 unspecified atom stereocenters. The molecule has 9 heteroatoms. The Kier molecular flexibility index (Phi) is 5.05. The first kappa shape index (κ1) is 21.5. The largest absolute Gasteiger partial charge is 0.377 e. The fourth-order valence-corrected chi connectivity index (χ4v) is 5.17. The van der Waals surface area contributed by atoms with Gasteiger partial charge in [-0.25, -0.2) is 8.78 Å². The molecule has 6 rings (SSSR count). The summed E-state index contributed by atoms with van der Waals surface area (Å²) in [6, 6.07) is 2.38. The van der Waals surface area contributed by atoms with E-state index in [1.807, 2.05) is 37.1 Å². The van der Waals surface area contributed by atoms with Crippen molar-refractivity contribution < 1.29 is 18.0 Å². The normalized spacial score (nSPS) is 19.1. The number of fused-ring (bicyclic) bond motifs is 1. The molecule has 5 heterocycles. The molecule has 34 heavy (non-hydrogen) atoms. The maximum Gasteiger partial charge on any atom is 0.248 e. The molecular weight excluding hydrogens is 440 g/mol. The molecule has 1 aliphatic carbocycles. The van der Waals surface area contributed by atoms with Crippen molar-refractivity contribution in [3.05, 3.63) is 42.3 Å². The van der Waals surface area contributed by atoms with Crippen molar-refractivity contribution in [2.45, 2.75) is 58.0 Å². The second kappa shape index (κ2) is 8.01. The first-order chi connectivity index (χ1) is 16.4. The lowest BCUT2D eigenvalue weighted by molar-refractivity contribution is -0.0472. The number of halogens is 2. The second-order valence-electron chi connectivity index (χ2n) is 9.69. The molecule has 7 nitrogen and oxygen atoms in total. The first-order valence-electron chi connectivity index (χ1n) is 11.8. The van der Waals surface area contributed by atoms with Gasteiger partial charge in [-0.15, -0.1) is 0 Å². The molecule has 1 saturated heterocycles. The summed E-state index contributed by atoms with van der Waals surface area (Å²) >= 11 is 0. The lowest BCUT2D eigenvalue weighted by Crippen LogP contribution is -2.30. The molecule has 0 aromatic carbocycles. The van der Waals surface area contributed by atoms with Gasteiger partial charge in [0, 0.05) is 60.2 Å². The molecule has 0 spiro atoms. The average Bonchev–Trinajstić information content (AvgIpc) is 3.46. The van der Waals surface area contributed by atoms with Crippen LogP contribution in [0.1, 0.15) is 43.2 Å². The third-order valence-electron chi connectivity index (χ3n) is 7.24. The van der Waals surface area contributed by atoms with Crippen LogP contribution in [0.3, 0.4) is 0 Å². The third-order valence-corrected chi connectivity index (χ3v) is 7.24. The van der Waals surface area contributed by atoms with Crippen LogP contribution in [-0.2, 0) is 11.3 Å². The average molecular weight is 468 g/mol. The van der Waals surface area contributed by atoms with Crippen molar-refractivity contribution in [1.82, 2.24) is 24.5 Å². The summed E-state index contributed by atoms with van der Waals surface area (Å²) in [5.74, 6) is -1.57. The standard InChI is InChI=1S/C25H27F2N5O2/c1-15-23(16(2)34-30-15)18-7-22-24(28-8-18)21(19-9-29-32(11-19)20-13-33-14-20)12-31(22)10-17-3-5-25(26,27)6-4-17/h7-9,11-12,17,20H,3-6,10,13-14H2,1-2H3. The van der Waals surface area contributed by atoms with E-state index in [9.17, 15) is 8.78 Å². The Hall–Kier alpha value is -3.07. The molecule has 0 N–H and O–H groups in total. The van der Waals surface area contributed by atoms with E-state index in [-0.39, 0.29) is 24.8 Å². The minimum Gasteiger partial charge on any atom is -0.377 e. The van der Waals surface area contributed by atoms with Crippen LogP contribution in [0.2, 0.25) is 0 Å². The molecule has 2 aliphatic rings. The van der Waals surface area contributed by atoms with Crippen LogP contribution in [0.15, 0.2) is 35.4 Å². The van der Waals surface area contributed by atoms with Gasteiger partial charge < -0.3 is 13.8 Å². The number of hydrogen-bond donors (Lipinski definition) is 0. The molecule has 0 radical (unpaired) electrons. The van der Waals surface area contributed by atoms with Crippen LogP contribution in [0, 0.1) is 19.8 Å². The fourth-order valence-electron chi connectivity index (χ4n) is 5.17. The predicted molar refractivity (Wildman–Crippen MR) is 123 cm³/mol. The molecule has 1 aliphatic heterocycles. The zero-order chi connectivity index (χ0) is 23.4. The van der Waals surface area contributed by atoms with Gasteiger partial charge in [0.2, 0.25) is 5.92 Å². The van der Waals surface area contributed by atoms with Gasteiger partial charge >= 0.3 is 0 Å². The summed E-state index contributed by atoms with van der Waals surface area (Å²) in [7, 11) is 0. The van der Waals surface area contributed by atoms with Gasteiger partial charge in [-0.2, -0.15) is 5.10 Å². The SMILES string of the molecule is Cc1noc(C)c1-c1cnc2c(-c3cnn(C4COC4)c3)cn(CC3CCC(F)(F)CC3)c2c1. The van der Waals surface area contributed by atoms with Gasteiger partial charge in [0.1, 0.15) is 5.76 Å². The van der Waals surface area contributed by atoms with Gasteiger partial charge in [0.25, 0.3) is 0 Å². The lowest BCUT2D eigenvalue weighted by atomic mass is 9.87. The van der Waals surface area contributed by atoms with Crippen molar-refractivity contribution in [3.8, 4) is 22.3 Å². The molecule has 2 fully saturated rings. The van der Waals surface area contributed by atoms with E-state index in [0.717, 1.165) is 44.7 Å². The minimum atomic E-state index is -2.53. The van der Waals surface area contributed by atoms with Gasteiger partial charge in [0.05, 0.1) is 42.2 Å². The highest BCUT2D eigenvalue weighted by atomic mass is 19.3. The highest BCUT2D eigenvalue weighted by Gasteiger charge is 2.35. The van der Waals surface area contributed by atoms with E-state index in [0.29, 0.717) is 32.6 Å². The maximum absolute atomic E-state index is 13.7. The second-order valence-corrected chi connectivity index (χ2v) is 9.69. The summed E-state index contributed by atoms with van der Waals surface area (Å²) in [6.07, 6.45) is 8.83. The van der Waals surface area contributed by atoms with E-state index in [1.165, 1.54) is 0 Å². The number of aromatic nitrogens is 5. The van der Waals surface area contributed by atoms with Crippen molar-refractivity contribution in [2.75, 3.05) is 13.2 Å². The van der Waals surface area contributed by atoms with Gasteiger partial charge in [-0.05, 0) is 38.7 Å². The van der Waals surface area contributed by atoms with E-state index < -0.39 is 5.92 Å². The molecule has 4 aromatic rings. The van der Waals surface area contributed by atoms with E-state index in [1.54, 1.807) is 0 Å². The Bertz CT molecular complexity index is 1320. The summed E-state index contributed by atoms with van der Waals surface area (Å²) < 4.78 is 42.3. The predicted octanol–water partition coefficient (Wildman–Crippen LogP) is 5.57. The quantitative estimate of drug-likeness (QED) is 0.384. The first-order valence-corrected chi connectivity index (χ1v) is 11.8. The molecule has 0 bridgehead atoms. The van der Waals surface area contributed by atoms with Crippen LogP contribution in [0.5, 0.6) is 0 Å². The number of hydrogen-bond acceptors (Lipinski definition) is 5. The Labute approximate surface area is 195 Å². The van der Waals surface area contributed by atoms with Crippen LogP contribution in [0.4, 0.5) is 8.78 Å². The Morgan fingerprint density at radius 3 is 2.56 bits per heavy atom. The smallest absolute Gasteiger partial charge is 0.248 e. The number of nitrogens with zero attached hydrogens (tertiary/aromatic N) is 5. The maximum atomic E-state index is 13.7. The third kappa shape index (κ3) is 3.72. The van der Waals surface area contributed by atoms with Gasteiger partial charge in [-0.1, -0.05) is 5.16 Å². The topological polar surface area (TPSA) is 70.9 Å². The van der Waals surface area contributed by atoms with E-state index >= 15 is 0 Å². The Morgan fingerprint density at radius 2 is 1.88 bits per heavy atom. The highest BCUT2D eigenvalue weighted by molar-refractivity contribution is 5.94. The molecule has 4 aromatic heterocycles. The van der Waals surface area contributed by atoms with Crippen LogP contribution < -0.4 is 0 Å². The van der Waals surface area contributed by atoms with Crippen molar-refractivity contribution in [2.24, 2.45) is 5.92 Å². The van der Waals surface area contributed by atoms with Crippen LogP contribution in [-0.4, -0.2) is 43.6 Å². The highest BCUT2D eigenvalue weighted by Crippen LogP contribution is 2.39. The zero-order valence-corrected chi connectivity index (χ0v) is 19.3. The van der Waals surface area contributed by atoms with Crippen molar-refractivity contribution >= 4 is 11.0 Å². The minimum absolute atomic E-state index is 0.0392. The number of ether oxygens (including phenoxy) is 1. The summed E-state index contributed by atoms with van der Waals surface area (Å²) in [5.41, 5.74) is 6.53. The number of aryl methyl sites for hydroxylation is 2. The van der Waals surface area contributed by atoms with Crippen LogP contribution in [0.25, 0.3) is 33.3 Å². The van der Waals surface area contributed by atoms with E-state index in [4.69, 9.17) is 14.2 Å². The molecule has 178 valence electrons. The van der Waals surface area contributed by atoms with E-state index in [2.05, 4.69) is 27.1 Å². The fraction of sp³-hybridized carbons (Fsp3) is 0.480. The number of pyridine rings is 1. The van der Waals surface area contributed by atoms with Crippen molar-refractivity contribution in [3.63, 3.8) is 0 Å². The Morgan fingerprint density at radius 1 is 1.09 bits per heavy atom. The van der Waals surface area contributed by atoms with Crippen LogP contribution >= 0.6 is 0 Å². The summed E-state index contributed by atoms with van der Waals surface area (Å²) in [5, 5.41) is 8.63. The molecule has 0 amide bonds. The van der Waals surface area contributed by atoms with Gasteiger partial charge in [0.15, 0.2) is 0 Å². The van der Waals surface area contributed by atoms with Gasteiger partial charge in [-0.3, -0.25) is 9.67 Å². The molecule has 1 saturated carbocycles. The van der Waals surface area contributed by atoms with Crippen molar-refractivity contribution in [1.29, 1.82) is 0 Å². The number of alkyl halides is 2. The monoisotopic (exact) mass is 467 g/mol.